The smallest absolute Gasteiger partial charge is 0.313 e. The van der Waals surface area contributed by atoms with Crippen LogP contribution in [0.1, 0.15) is 63.5 Å². The summed E-state index contributed by atoms with van der Waals surface area (Å²) in [4.78, 5) is 61.8. The van der Waals surface area contributed by atoms with Crippen LogP contribution >= 0.6 is 0 Å². The third-order valence-corrected chi connectivity index (χ3v) is 10.6. The minimum absolute atomic E-state index is 0.0476. The summed E-state index contributed by atoms with van der Waals surface area (Å²) in [6, 6.07) is 7.80. The molecule has 0 unspecified atom stereocenters. The molecule has 0 radical (unpaired) electrons. The van der Waals surface area contributed by atoms with E-state index >= 15 is 0 Å². The van der Waals surface area contributed by atoms with E-state index < -0.39 is 47.7 Å². The predicted molar refractivity (Wildman–Crippen MR) is 187 cm³/mol. The second-order valence-corrected chi connectivity index (χ2v) is 13.9. The Morgan fingerprint density at radius 3 is 2.58 bits per heavy atom. The molecular weight excluding hydrogens is 640 g/mol. The van der Waals surface area contributed by atoms with Gasteiger partial charge < -0.3 is 34.4 Å². The van der Waals surface area contributed by atoms with E-state index in [-0.39, 0.29) is 30.7 Å². The maximum Gasteiger partial charge on any atom is 0.313 e. The molecule has 4 aliphatic heterocycles. The van der Waals surface area contributed by atoms with Gasteiger partial charge in [-0.3, -0.25) is 24.1 Å². The van der Waals surface area contributed by atoms with Gasteiger partial charge in [-0.2, -0.15) is 0 Å². The summed E-state index contributed by atoms with van der Waals surface area (Å²) in [5, 5.41) is 12.3. The number of hydrogen-bond donors (Lipinski definition) is 2. The minimum atomic E-state index is -1.16. The topological polar surface area (TPSA) is 138 Å². The van der Waals surface area contributed by atoms with E-state index in [0.717, 1.165) is 13.1 Å². The lowest BCUT2D eigenvalue weighted by Gasteiger charge is -2.37. The summed E-state index contributed by atoms with van der Waals surface area (Å²) < 4.78 is 18.4. The Balaban J connectivity index is 1.40. The number of benzene rings is 1. The van der Waals surface area contributed by atoms with Gasteiger partial charge in [0.25, 0.3) is 0 Å². The maximum atomic E-state index is 14.6. The molecule has 274 valence electrons. The zero-order valence-electron chi connectivity index (χ0n) is 29.4. The molecule has 1 aromatic rings. The molecular formula is C38H54N4O8. The lowest BCUT2D eigenvalue weighted by Crippen LogP contribution is -2.57. The van der Waals surface area contributed by atoms with Crippen LogP contribution in [0, 0.1) is 11.8 Å². The molecule has 2 N–H and O–H groups in total. The molecule has 2 bridgehead atoms. The van der Waals surface area contributed by atoms with E-state index in [0.29, 0.717) is 83.5 Å². The Labute approximate surface area is 295 Å². The van der Waals surface area contributed by atoms with Gasteiger partial charge in [0.05, 0.1) is 37.2 Å². The Morgan fingerprint density at radius 2 is 1.88 bits per heavy atom. The largest absolute Gasteiger partial charge is 0.455 e. The van der Waals surface area contributed by atoms with Crippen molar-refractivity contribution in [3.8, 4) is 0 Å². The summed E-state index contributed by atoms with van der Waals surface area (Å²) >= 11 is 0. The molecule has 0 aromatic heterocycles. The number of amides is 3. The Bertz CT molecular complexity index is 1350. The highest BCUT2D eigenvalue weighted by atomic mass is 16.6. The van der Waals surface area contributed by atoms with Crippen molar-refractivity contribution in [1.82, 2.24) is 20.0 Å². The molecule has 12 nitrogen and oxygen atoms in total. The third kappa shape index (κ3) is 8.14. The van der Waals surface area contributed by atoms with E-state index in [1.54, 1.807) is 28.9 Å². The fraction of sp³-hybridized carbons (Fsp3) is 0.632. The Kier molecular flexibility index (Phi) is 13.2. The Morgan fingerprint density at radius 1 is 1.12 bits per heavy atom. The van der Waals surface area contributed by atoms with Gasteiger partial charge in [0, 0.05) is 52.3 Å². The lowest BCUT2D eigenvalue weighted by atomic mass is 9.70. The minimum Gasteiger partial charge on any atom is -0.455 e. The summed E-state index contributed by atoms with van der Waals surface area (Å²) in [5.41, 5.74) is -0.446. The van der Waals surface area contributed by atoms with Crippen molar-refractivity contribution in [2.45, 2.75) is 81.8 Å². The van der Waals surface area contributed by atoms with Crippen molar-refractivity contribution in [3.63, 3.8) is 0 Å². The number of allylic oxidation sites excluding steroid dienone is 1. The number of ether oxygens (including phenoxy) is 3. The van der Waals surface area contributed by atoms with Gasteiger partial charge in [-0.15, -0.1) is 13.2 Å². The van der Waals surface area contributed by atoms with Crippen LogP contribution in [0.5, 0.6) is 0 Å². The summed E-state index contributed by atoms with van der Waals surface area (Å²) in [6.07, 6.45) is 5.66. The molecule has 0 aliphatic carbocycles. The number of aliphatic hydroxyl groups excluding tert-OH is 1. The van der Waals surface area contributed by atoms with Gasteiger partial charge in [0.2, 0.25) is 17.7 Å². The van der Waals surface area contributed by atoms with Crippen LogP contribution in [0.25, 0.3) is 0 Å². The molecule has 4 aliphatic rings. The fourth-order valence-electron chi connectivity index (χ4n) is 8.16. The molecule has 0 saturated carbocycles. The van der Waals surface area contributed by atoms with Crippen LogP contribution in [-0.4, -0.2) is 126 Å². The molecule has 12 heteroatoms. The SMILES string of the molecule is C=CCCC(=O)N[C@@H](C)[C@H](OC(=O)[C@@H]1[C@@H]2CC[C@]3(O2)[C@H](C(=O)N(CC=C)CCN2CCOCC2)N(CCCCCO)C(=O)[C@@H]13)c1ccccc1. The molecule has 5 rings (SSSR count). The van der Waals surface area contributed by atoms with E-state index in [9.17, 15) is 24.3 Å². The van der Waals surface area contributed by atoms with E-state index in [2.05, 4.69) is 23.4 Å². The number of aliphatic hydroxyl groups is 1. The van der Waals surface area contributed by atoms with E-state index in [4.69, 9.17) is 14.2 Å². The number of hydrogen-bond acceptors (Lipinski definition) is 9. The van der Waals surface area contributed by atoms with Gasteiger partial charge in [-0.1, -0.05) is 42.5 Å². The first-order valence-corrected chi connectivity index (χ1v) is 18.2. The molecule has 4 heterocycles. The van der Waals surface area contributed by atoms with Crippen LogP contribution in [0.15, 0.2) is 55.6 Å². The predicted octanol–water partition coefficient (Wildman–Crippen LogP) is 2.63. The number of esters is 1. The fourth-order valence-corrected chi connectivity index (χ4v) is 8.16. The van der Waals surface area contributed by atoms with Crippen molar-refractivity contribution < 1.29 is 38.5 Å². The summed E-state index contributed by atoms with van der Waals surface area (Å²) in [5.74, 6) is -3.00. The van der Waals surface area contributed by atoms with Crippen molar-refractivity contribution >= 4 is 23.7 Å². The van der Waals surface area contributed by atoms with Gasteiger partial charge in [-0.05, 0) is 51.0 Å². The number of rotatable bonds is 19. The van der Waals surface area contributed by atoms with E-state index in [1.165, 1.54) is 0 Å². The van der Waals surface area contributed by atoms with Crippen LogP contribution in [0.3, 0.4) is 0 Å². The molecule has 1 aromatic carbocycles. The standard InChI is InChI=1S/C38H54N4O8/c1-4-6-15-30(44)39-27(3)33(28-13-9-7-10-14-28)49-37(47)31-29-16-17-38(50-29)32(31)35(45)42(19-11-8-12-24-43)34(38)36(46)41(18-5-2)21-20-40-22-25-48-26-23-40/h4-5,7,9-10,13-14,27,29,31-34,43H,1-2,6,8,11-12,15-26H2,3H3,(H,39,44)/t27-,29-,31+,32+,33-,34-,38+/m0/s1. The normalized spacial score (nSPS) is 27.0. The lowest BCUT2D eigenvalue weighted by molar-refractivity contribution is -0.162. The highest BCUT2D eigenvalue weighted by Gasteiger charge is 2.75. The third-order valence-electron chi connectivity index (χ3n) is 10.6. The van der Waals surface area contributed by atoms with Crippen molar-refractivity contribution in [2.75, 3.05) is 59.1 Å². The first kappa shape index (κ1) is 37.7. The summed E-state index contributed by atoms with van der Waals surface area (Å²) in [7, 11) is 0. The maximum absolute atomic E-state index is 14.6. The molecule has 1 spiro atoms. The molecule has 4 fully saturated rings. The molecule has 3 amide bonds. The van der Waals surface area contributed by atoms with Crippen LogP contribution in [0.4, 0.5) is 0 Å². The number of fused-ring (bicyclic) bond motifs is 1. The highest BCUT2D eigenvalue weighted by molar-refractivity contribution is 5.98. The average molecular weight is 695 g/mol. The first-order valence-electron chi connectivity index (χ1n) is 18.2. The van der Waals surface area contributed by atoms with Crippen molar-refractivity contribution in [1.29, 1.82) is 0 Å². The van der Waals surface area contributed by atoms with Crippen molar-refractivity contribution in [3.05, 3.63) is 61.2 Å². The zero-order chi connectivity index (χ0) is 35.7. The van der Waals surface area contributed by atoms with Gasteiger partial charge in [0.15, 0.2) is 0 Å². The molecule has 7 atom stereocenters. The van der Waals surface area contributed by atoms with Crippen LogP contribution < -0.4 is 5.32 Å². The monoisotopic (exact) mass is 694 g/mol. The second-order valence-electron chi connectivity index (χ2n) is 13.9. The van der Waals surface area contributed by atoms with Crippen LogP contribution in [-0.2, 0) is 33.4 Å². The molecule has 4 saturated heterocycles. The first-order chi connectivity index (χ1) is 24.2. The Hall–Kier alpha value is -3.58. The highest BCUT2D eigenvalue weighted by Crippen LogP contribution is 2.59. The number of morpholine rings is 1. The number of carbonyl (C=O) groups excluding carboxylic acids is 4. The number of likely N-dealkylation sites (tertiary alicyclic amines) is 1. The second kappa shape index (κ2) is 17.6. The number of carbonyl (C=O) groups is 4. The van der Waals surface area contributed by atoms with Gasteiger partial charge in [-0.25, -0.2) is 0 Å². The quantitative estimate of drug-likeness (QED) is 0.127. The number of nitrogens with zero attached hydrogens (tertiary/aromatic N) is 3. The van der Waals surface area contributed by atoms with Gasteiger partial charge in [0.1, 0.15) is 17.7 Å². The van der Waals surface area contributed by atoms with Gasteiger partial charge >= 0.3 is 5.97 Å². The van der Waals surface area contributed by atoms with E-state index in [1.807, 2.05) is 30.3 Å². The van der Waals surface area contributed by atoms with Crippen molar-refractivity contribution in [2.24, 2.45) is 11.8 Å². The summed E-state index contributed by atoms with van der Waals surface area (Å²) in [6.45, 7) is 14.1. The average Bonchev–Trinajstić information content (AvgIpc) is 3.77. The molecule has 50 heavy (non-hydrogen) atoms. The van der Waals surface area contributed by atoms with Crippen LogP contribution in [0.2, 0.25) is 0 Å². The zero-order valence-corrected chi connectivity index (χ0v) is 29.4. The number of nitrogens with one attached hydrogen (secondary N) is 1. The number of unbranched alkanes of at least 4 members (excludes halogenated alkanes) is 2.